The molecule has 0 bridgehead atoms. The number of nitrogens with zero attached hydrogens (tertiary/aromatic N) is 2. The van der Waals surface area contributed by atoms with Crippen molar-refractivity contribution in [2.24, 2.45) is 7.05 Å². The summed E-state index contributed by atoms with van der Waals surface area (Å²) in [5, 5.41) is 7.54. The molecule has 0 spiro atoms. The van der Waals surface area contributed by atoms with Gasteiger partial charge in [0.05, 0.1) is 22.0 Å². The molecule has 2 aromatic rings. The predicted molar refractivity (Wildman–Crippen MR) is 79.7 cm³/mol. The first-order valence-electron chi connectivity index (χ1n) is 6.23. The van der Waals surface area contributed by atoms with Crippen LogP contribution < -0.4 is 11.1 Å². The Morgan fingerprint density at radius 3 is 2.75 bits per heavy atom. The van der Waals surface area contributed by atoms with Crippen LogP contribution in [-0.2, 0) is 13.6 Å². The van der Waals surface area contributed by atoms with Gasteiger partial charge < -0.3 is 11.1 Å². The zero-order valence-electron chi connectivity index (χ0n) is 11.7. The van der Waals surface area contributed by atoms with Crippen molar-refractivity contribution in [2.45, 2.75) is 20.4 Å². The van der Waals surface area contributed by atoms with Gasteiger partial charge in [0, 0.05) is 24.8 Å². The number of rotatable bonds is 3. The second-order valence-corrected chi connectivity index (χ2v) is 5.06. The second kappa shape index (κ2) is 5.54. The molecule has 1 aromatic heterocycles. The highest BCUT2D eigenvalue weighted by Crippen LogP contribution is 2.22. The maximum Gasteiger partial charge on any atom is 0.253 e. The van der Waals surface area contributed by atoms with Crippen molar-refractivity contribution in [3.05, 3.63) is 45.7 Å². The van der Waals surface area contributed by atoms with Gasteiger partial charge in [0.2, 0.25) is 0 Å². The summed E-state index contributed by atoms with van der Waals surface area (Å²) in [5.74, 6) is -0.243. The molecule has 1 amide bonds. The molecular weight excluding hydrogens is 276 g/mol. The quantitative estimate of drug-likeness (QED) is 0.852. The zero-order chi connectivity index (χ0) is 14.9. The Balaban J connectivity index is 2.15. The Morgan fingerprint density at radius 2 is 2.15 bits per heavy atom. The molecular formula is C14H17ClN4O. The van der Waals surface area contributed by atoms with E-state index in [1.165, 1.54) is 0 Å². The Morgan fingerprint density at radius 1 is 1.45 bits per heavy atom. The van der Waals surface area contributed by atoms with Gasteiger partial charge >= 0.3 is 0 Å². The van der Waals surface area contributed by atoms with Crippen LogP contribution in [0.5, 0.6) is 0 Å². The molecule has 5 nitrogen and oxygen atoms in total. The van der Waals surface area contributed by atoms with E-state index in [2.05, 4.69) is 10.4 Å². The molecule has 0 saturated heterocycles. The van der Waals surface area contributed by atoms with E-state index in [-0.39, 0.29) is 5.91 Å². The lowest BCUT2D eigenvalue weighted by molar-refractivity contribution is 0.0951. The van der Waals surface area contributed by atoms with Crippen molar-refractivity contribution < 1.29 is 4.79 Å². The molecule has 6 heteroatoms. The number of nitrogen functional groups attached to an aromatic ring is 1. The van der Waals surface area contributed by atoms with Gasteiger partial charge in [-0.05, 0) is 26.0 Å². The number of carbonyl (C=O) groups is 1. The van der Waals surface area contributed by atoms with Crippen LogP contribution in [0, 0.1) is 13.8 Å². The molecule has 2 rings (SSSR count). The fourth-order valence-electron chi connectivity index (χ4n) is 2.07. The summed E-state index contributed by atoms with van der Waals surface area (Å²) >= 11 is 5.91. The summed E-state index contributed by atoms with van der Waals surface area (Å²) in [6.45, 7) is 4.30. The number of aromatic nitrogens is 2. The van der Waals surface area contributed by atoms with Crippen LogP contribution in [0.15, 0.2) is 18.2 Å². The summed E-state index contributed by atoms with van der Waals surface area (Å²) in [6.07, 6.45) is 0. The van der Waals surface area contributed by atoms with Crippen LogP contribution in [0.1, 0.15) is 27.3 Å². The highest BCUT2D eigenvalue weighted by molar-refractivity contribution is 6.33. The smallest absolute Gasteiger partial charge is 0.253 e. The van der Waals surface area contributed by atoms with Crippen LogP contribution >= 0.6 is 11.6 Å². The molecule has 1 aromatic carbocycles. The Hall–Kier alpha value is -2.01. The second-order valence-electron chi connectivity index (χ2n) is 4.66. The Kier molecular flexibility index (Phi) is 3.99. The molecule has 106 valence electrons. The molecule has 3 N–H and O–H groups in total. The number of hydrogen-bond acceptors (Lipinski definition) is 3. The van der Waals surface area contributed by atoms with Crippen LogP contribution in [0.4, 0.5) is 5.69 Å². The zero-order valence-corrected chi connectivity index (χ0v) is 12.5. The van der Waals surface area contributed by atoms with E-state index in [4.69, 9.17) is 17.3 Å². The number of nitrogens with one attached hydrogen (secondary N) is 1. The number of hydrogen-bond donors (Lipinski definition) is 2. The lowest BCUT2D eigenvalue weighted by Gasteiger charge is -2.09. The topological polar surface area (TPSA) is 72.9 Å². The van der Waals surface area contributed by atoms with Crippen LogP contribution in [0.25, 0.3) is 0 Å². The maximum atomic E-state index is 12.1. The van der Waals surface area contributed by atoms with Crippen molar-refractivity contribution in [1.82, 2.24) is 15.1 Å². The summed E-state index contributed by atoms with van der Waals surface area (Å²) in [5.41, 5.74) is 9.44. The van der Waals surface area contributed by atoms with E-state index < -0.39 is 0 Å². The van der Waals surface area contributed by atoms with Gasteiger partial charge in [-0.3, -0.25) is 9.48 Å². The van der Waals surface area contributed by atoms with Gasteiger partial charge in [-0.25, -0.2) is 0 Å². The highest BCUT2D eigenvalue weighted by atomic mass is 35.5. The van der Waals surface area contributed by atoms with Crippen molar-refractivity contribution in [1.29, 1.82) is 0 Å². The van der Waals surface area contributed by atoms with Crippen LogP contribution in [0.2, 0.25) is 5.02 Å². The molecule has 0 saturated carbocycles. The fourth-order valence-corrected chi connectivity index (χ4v) is 2.25. The van der Waals surface area contributed by atoms with Gasteiger partial charge in [0.25, 0.3) is 5.91 Å². The minimum absolute atomic E-state index is 0.243. The number of carbonyl (C=O) groups excluding carboxylic acids is 1. The number of anilines is 1. The molecule has 0 aliphatic rings. The molecule has 0 fully saturated rings. The van der Waals surface area contributed by atoms with Crippen molar-refractivity contribution in [2.75, 3.05) is 5.73 Å². The number of benzene rings is 1. The number of para-hydroxylation sites is 1. The Labute approximate surface area is 122 Å². The van der Waals surface area contributed by atoms with Gasteiger partial charge in [0.15, 0.2) is 0 Å². The molecule has 0 radical (unpaired) electrons. The molecule has 0 atom stereocenters. The predicted octanol–water partition coefficient (Wildman–Crippen LogP) is 2.20. The average molecular weight is 293 g/mol. The number of halogens is 1. The van der Waals surface area contributed by atoms with E-state index in [0.29, 0.717) is 22.8 Å². The molecule has 0 aliphatic heterocycles. The maximum absolute atomic E-state index is 12.1. The first-order chi connectivity index (χ1) is 9.41. The largest absolute Gasteiger partial charge is 0.397 e. The van der Waals surface area contributed by atoms with Crippen molar-refractivity contribution in [3.63, 3.8) is 0 Å². The van der Waals surface area contributed by atoms with E-state index in [1.54, 1.807) is 22.9 Å². The summed E-state index contributed by atoms with van der Waals surface area (Å²) in [7, 11) is 1.88. The monoisotopic (exact) mass is 292 g/mol. The lowest BCUT2D eigenvalue weighted by Crippen LogP contribution is -2.24. The summed E-state index contributed by atoms with van der Waals surface area (Å²) in [4.78, 5) is 12.1. The van der Waals surface area contributed by atoms with E-state index >= 15 is 0 Å². The first-order valence-corrected chi connectivity index (χ1v) is 6.61. The first kappa shape index (κ1) is 14.4. The van der Waals surface area contributed by atoms with Crippen LogP contribution in [0.3, 0.4) is 0 Å². The highest BCUT2D eigenvalue weighted by Gasteiger charge is 2.14. The van der Waals surface area contributed by atoms with Gasteiger partial charge in [0.1, 0.15) is 0 Å². The molecule has 0 unspecified atom stereocenters. The minimum Gasteiger partial charge on any atom is -0.397 e. The number of amides is 1. The fraction of sp³-hybridized carbons (Fsp3) is 0.286. The third-order valence-corrected chi connectivity index (χ3v) is 3.71. The van der Waals surface area contributed by atoms with E-state index in [0.717, 1.165) is 17.0 Å². The van der Waals surface area contributed by atoms with Gasteiger partial charge in [-0.1, -0.05) is 17.7 Å². The van der Waals surface area contributed by atoms with Gasteiger partial charge in [-0.2, -0.15) is 5.10 Å². The normalized spacial score (nSPS) is 10.6. The minimum atomic E-state index is -0.243. The summed E-state index contributed by atoms with van der Waals surface area (Å²) < 4.78 is 1.80. The molecule has 20 heavy (non-hydrogen) atoms. The Bertz CT molecular complexity index is 663. The standard InChI is InChI=1S/C14H17ClN4O/c1-8-11(9(2)19(3)18-8)7-17-14(20)10-5-4-6-12(15)13(10)16/h4-6H,7,16H2,1-3H3,(H,17,20). The SMILES string of the molecule is Cc1nn(C)c(C)c1CNC(=O)c1cccc(Cl)c1N. The van der Waals surface area contributed by atoms with E-state index in [1.807, 2.05) is 20.9 Å². The van der Waals surface area contributed by atoms with Crippen molar-refractivity contribution >= 4 is 23.2 Å². The van der Waals surface area contributed by atoms with E-state index in [9.17, 15) is 4.79 Å². The summed E-state index contributed by atoms with van der Waals surface area (Å²) in [6, 6.07) is 5.01. The average Bonchev–Trinajstić information content (AvgIpc) is 2.64. The van der Waals surface area contributed by atoms with Crippen LogP contribution in [-0.4, -0.2) is 15.7 Å². The molecule has 1 heterocycles. The van der Waals surface area contributed by atoms with Crippen molar-refractivity contribution in [3.8, 4) is 0 Å². The third kappa shape index (κ3) is 2.63. The third-order valence-electron chi connectivity index (χ3n) is 3.38. The number of nitrogens with two attached hydrogens (primary N) is 1. The molecule has 0 aliphatic carbocycles. The number of aryl methyl sites for hydroxylation is 2. The van der Waals surface area contributed by atoms with Gasteiger partial charge in [-0.15, -0.1) is 0 Å². The lowest BCUT2D eigenvalue weighted by atomic mass is 10.1.